The zero-order valence-electron chi connectivity index (χ0n) is 11.6. The second kappa shape index (κ2) is 9.18. The molecule has 21 heavy (non-hydrogen) atoms. The molecule has 0 heterocycles. The minimum atomic E-state index is -1.01. The molecule has 0 bridgehead atoms. The first-order valence-electron chi connectivity index (χ1n) is 6.54. The van der Waals surface area contributed by atoms with Crippen molar-refractivity contribution >= 4 is 46.8 Å². The lowest BCUT2D eigenvalue weighted by atomic mass is 10.1. The van der Waals surface area contributed by atoms with Crippen LogP contribution in [0.15, 0.2) is 23.1 Å². The van der Waals surface area contributed by atoms with E-state index in [1.807, 2.05) is 6.92 Å². The van der Waals surface area contributed by atoms with Crippen LogP contribution in [0.3, 0.4) is 0 Å². The van der Waals surface area contributed by atoms with Crippen LogP contribution in [-0.4, -0.2) is 28.8 Å². The maximum atomic E-state index is 11.8. The van der Waals surface area contributed by atoms with Crippen LogP contribution < -0.4 is 5.32 Å². The molecule has 4 nitrogen and oxygen atoms in total. The fourth-order valence-corrected chi connectivity index (χ4v) is 2.94. The number of nitrogens with one attached hydrogen (secondary N) is 1. The van der Waals surface area contributed by atoms with Gasteiger partial charge in [0.1, 0.15) is 6.04 Å². The van der Waals surface area contributed by atoms with Gasteiger partial charge in [-0.3, -0.25) is 4.79 Å². The number of benzene rings is 1. The number of hydrogen-bond acceptors (Lipinski definition) is 3. The van der Waals surface area contributed by atoms with Crippen molar-refractivity contribution in [1.29, 1.82) is 0 Å². The van der Waals surface area contributed by atoms with Crippen LogP contribution in [0.2, 0.25) is 10.0 Å². The quantitative estimate of drug-likeness (QED) is 0.699. The van der Waals surface area contributed by atoms with E-state index in [2.05, 4.69) is 5.32 Å². The van der Waals surface area contributed by atoms with E-state index in [4.69, 9.17) is 28.3 Å². The Hall–Kier alpha value is -0.910. The van der Waals surface area contributed by atoms with Gasteiger partial charge in [0.2, 0.25) is 5.91 Å². The molecule has 0 radical (unpaired) electrons. The molecule has 1 amide bonds. The molecule has 2 N–H and O–H groups in total. The van der Waals surface area contributed by atoms with Gasteiger partial charge in [-0.2, -0.15) is 0 Å². The van der Waals surface area contributed by atoms with Crippen LogP contribution in [0.5, 0.6) is 0 Å². The number of carbonyl (C=O) groups is 2. The number of carbonyl (C=O) groups excluding carboxylic acids is 1. The second-order valence-corrected chi connectivity index (χ2v) is 6.32. The molecule has 116 valence electrons. The third-order valence-corrected chi connectivity index (χ3v) is 4.46. The summed E-state index contributed by atoms with van der Waals surface area (Å²) in [7, 11) is 0. The van der Waals surface area contributed by atoms with Crippen molar-refractivity contribution in [1.82, 2.24) is 5.32 Å². The number of carboxylic acid groups (broad SMARTS) is 1. The Morgan fingerprint density at radius 3 is 2.71 bits per heavy atom. The van der Waals surface area contributed by atoms with E-state index in [0.29, 0.717) is 21.4 Å². The van der Waals surface area contributed by atoms with E-state index in [1.54, 1.807) is 18.2 Å². The summed E-state index contributed by atoms with van der Waals surface area (Å²) in [5, 5.41) is 12.6. The molecule has 0 saturated heterocycles. The molecule has 0 spiro atoms. The smallest absolute Gasteiger partial charge is 0.326 e. The van der Waals surface area contributed by atoms with Crippen LogP contribution in [0, 0.1) is 0 Å². The molecule has 1 aromatic rings. The highest BCUT2D eigenvalue weighted by Crippen LogP contribution is 2.29. The zero-order chi connectivity index (χ0) is 15.8. The molecule has 0 aliphatic heterocycles. The number of unbranched alkanes of at least 4 members (excludes halogenated alkanes) is 1. The third-order valence-electron chi connectivity index (χ3n) is 2.73. The minimum absolute atomic E-state index is 0.0932. The highest BCUT2D eigenvalue weighted by atomic mass is 35.5. The lowest BCUT2D eigenvalue weighted by molar-refractivity contribution is -0.141. The summed E-state index contributed by atoms with van der Waals surface area (Å²) in [5.41, 5.74) is 0. The van der Waals surface area contributed by atoms with E-state index in [9.17, 15) is 9.59 Å². The zero-order valence-corrected chi connectivity index (χ0v) is 13.9. The number of rotatable bonds is 8. The summed E-state index contributed by atoms with van der Waals surface area (Å²) in [6, 6.07) is 4.16. The average Bonchev–Trinajstić information content (AvgIpc) is 2.44. The lowest BCUT2D eigenvalue weighted by Gasteiger charge is -2.14. The van der Waals surface area contributed by atoms with Crippen LogP contribution >= 0.6 is 35.0 Å². The molecule has 0 saturated carbocycles. The van der Waals surface area contributed by atoms with Gasteiger partial charge in [-0.25, -0.2) is 4.79 Å². The maximum Gasteiger partial charge on any atom is 0.326 e. The predicted octanol–water partition coefficient (Wildman–Crippen LogP) is 3.85. The molecular formula is C14H17Cl2NO3S. The Morgan fingerprint density at radius 2 is 2.10 bits per heavy atom. The second-order valence-electron chi connectivity index (χ2n) is 4.46. The monoisotopic (exact) mass is 349 g/mol. The molecule has 1 unspecified atom stereocenters. The molecule has 7 heteroatoms. The number of halogens is 2. The highest BCUT2D eigenvalue weighted by Gasteiger charge is 2.19. The highest BCUT2D eigenvalue weighted by molar-refractivity contribution is 8.00. The van der Waals surface area contributed by atoms with Crippen molar-refractivity contribution in [3.63, 3.8) is 0 Å². The number of carboxylic acids is 1. The Balaban J connectivity index is 2.52. The average molecular weight is 350 g/mol. The molecule has 1 atom stereocenters. The molecule has 0 aliphatic rings. The van der Waals surface area contributed by atoms with Gasteiger partial charge in [0.25, 0.3) is 0 Å². The van der Waals surface area contributed by atoms with Crippen molar-refractivity contribution < 1.29 is 14.7 Å². The van der Waals surface area contributed by atoms with Crippen LogP contribution in [0.4, 0.5) is 0 Å². The van der Waals surface area contributed by atoms with E-state index >= 15 is 0 Å². The number of amides is 1. The van der Waals surface area contributed by atoms with Gasteiger partial charge in [-0.1, -0.05) is 43.0 Å². The first-order valence-corrected chi connectivity index (χ1v) is 8.28. The third kappa shape index (κ3) is 6.59. The van der Waals surface area contributed by atoms with Crippen LogP contribution in [0.25, 0.3) is 0 Å². The summed E-state index contributed by atoms with van der Waals surface area (Å²) in [4.78, 5) is 23.6. The number of aliphatic carboxylic acids is 1. The summed E-state index contributed by atoms with van der Waals surface area (Å²) >= 11 is 13.1. The van der Waals surface area contributed by atoms with Gasteiger partial charge >= 0.3 is 5.97 Å². The van der Waals surface area contributed by atoms with Crippen LogP contribution in [-0.2, 0) is 9.59 Å². The summed E-state index contributed by atoms with van der Waals surface area (Å²) in [6.07, 6.45) is 2.07. The topological polar surface area (TPSA) is 66.4 Å². The van der Waals surface area contributed by atoms with Crippen molar-refractivity contribution in [2.24, 2.45) is 0 Å². The normalized spacial score (nSPS) is 12.0. The van der Waals surface area contributed by atoms with Gasteiger partial charge in [0.15, 0.2) is 0 Å². The summed E-state index contributed by atoms with van der Waals surface area (Å²) in [5.74, 6) is -1.25. The molecule has 0 aliphatic carbocycles. The minimum Gasteiger partial charge on any atom is -0.480 e. The Kier molecular flexibility index (Phi) is 7.93. The van der Waals surface area contributed by atoms with Gasteiger partial charge in [0.05, 0.1) is 10.8 Å². The van der Waals surface area contributed by atoms with Crippen molar-refractivity contribution in [3.8, 4) is 0 Å². The first-order chi connectivity index (χ1) is 9.93. The summed E-state index contributed by atoms with van der Waals surface area (Å²) in [6.45, 7) is 1.97. The van der Waals surface area contributed by atoms with Crippen molar-refractivity contribution in [2.45, 2.75) is 37.1 Å². The SMILES string of the molecule is CCCCC(NC(=O)CSc1cc(Cl)ccc1Cl)C(=O)O. The molecule has 0 fully saturated rings. The Bertz CT molecular complexity index is 511. The molecular weight excluding hydrogens is 333 g/mol. The first kappa shape index (κ1) is 18.1. The predicted molar refractivity (Wildman–Crippen MR) is 86.3 cm³/mol. The largest absolute Gasteiger partial charge is 0.480 e. The molecule has 1 aromatic carbocycles. The van der Waals surface area contributed by atoms with Gasteiger partial charge in [-0.15, -0.1) is 11.8 Å². The van der Waals surface area contributed by atoms with Crippen molar-refractivity contribution in [2.75, 3.05) is 5.75 Å². The van der Waals surface area contributed by atoms with Crippen molar-refractivity contribution in [3.05, 3.63) is 28.2 Å². The van der Waals surface area contributed by atoms with E-state index < -0.39 is 12.0 Å². The lowest BCUT2D eigenvalue weighted by Crippen LogP contribution is -2.41. The fourth-order valence-electron chi connectivity index (χ4n) is 1.63. The van der Waals surface area contributed by atoms with Gasteiger partial charge in [-0.05, 0) is 24.6 Å². The molecule has 1 rings (SSSR count). The Labute approximate surface area is 138 Å². The maximum absolute atomic E-state index is 11.8. The standard InChI is InChI=1S/C14H17Cl2NO3S/c1-2-3-4-11(14(19)20)17-13(18)8-21-12-7-9(15)5-6-10(12)16/h5-7,11H,2-4,8H2,1H3,(H,17,18)(H,19,20). The van der Waals surface area contributed by atoms with E-state index in [-0.39, 0.29) is 11.7 Å². The number of hydrogen-bond donors (Lipinski definition) is 2. The van der Waals surface area contributed by atoms with Gasteiger partial charge < -0.3 is 10.4 Å². The fraction of sp³-hybridized carbons (Fsp3) is 0.429. The van der Waals surface area contributed by atoms with Gasteiger partial charge in [0, 0.05) is 9.92 Å². The Morgan fingerprint density at radius 1 is 1.38 bits per heavy atom. The number of thioether (sulfide) groups is 1. The molecule has 0 aromatic heterocycles. The van der Waals surface area contributed by atoms with Crippen LogP contribution in [0.1, 0.15) is 26.2 Å². The van der Waals surface area contributed by atoms with E-state index in [0.717, 1.165) is 12.8 Å². The summed E-state index contributed by atoms with van der Waals surface area (Å²) < 4.78 is 0. The van der Waals surface area contributed by atoms with E-state index in [1.165, 1.54) is 11.8 Å².